The van der Waals surface area contributed by atoms with Crippen molar-refractivity contribution in [2.24, 2.45) is 0 Å². The molecular formula is C12H20N2S. The quantitative estimate of drug-likeness (QED) is 0.569. The zero-order chi connectivity index (χ0) is 10.9. The fourth-order valence-electron chi connectivity index (χ4n) is 1.29. The maximum absolute atomic E-state index is 4.42. The van der Waals surface area contributed by atoms with E-state index in [0.29, 0.717) is 0 Å². The Kier molecular flexibility index (Phi) is 6.44. The van der Waals surface area contributed by atoms with Gasteiger partial charge in [0.15, 0.2) is 0 Å². The van der Waals surface area contributed by atoms with Gasteiger partial charge in [0, 0.05) is 12.7 Å². The Morgan fingerprint density at radius 1 is 1.33 bits per heavy atom. The molecule has 1 rings (SSSR count). The van der Waals surface area contributed by atoms with Crippen molar-refractivity contribution < 1.29 is 0 Å². The summed E-state index contributed by atoms with van der Waals surface area (Å²) in [5.41, 5.74) is 1.32. The molecule has 0 aliphatic heterocycles. The molecule has 0 atom stereocenters. The normalized spacial score (nSPS) is 10.5. The molecule has 0 unspecified atom stereocenters. The molecule has 0 fully saturated rings. The van der Waals surface area contributed by atoms with Crippen molar-refractivity contribution >= 4 is 11.8 Å². The highest BCUT2D eigenvalue weighted by Gasteiger charge is 2.02. The lowest BCUT2D eigenvalue weighted by Crippen LogP contribution is -2.14. The molecule has 0 radical (unpaired) electrons. The molecule has 0 aromatic carbocycles. The summed E-state index contributed by atoms with van der Waals surface area (Å²) >= 11 is 1.85. The number of thioether (sulfide) groups is 1. The maximum atomic E-state index is 4.42. The van der Waals surface area contributed by atoms with Gasteiger partial charge < -0.3 is 5.32 Å². The van der Waals surface area contributed by atoms with Crippen LogP contribution in [0.1, 0.15) is 32.3 Å². The summed E-state index contributed by atoms with van der Waals surface area (Å²) in [6.07, 6.45) is 4.25. The number of hydrogen-bond donors (Lipinski definition) is 1. The lowest BCUT2D eigenvalue weighted by molar-refractivity contribution is 0.665. The standard InChI is InChI=1S/C12H20N2S/c1-3-7-13-10-11-6-5-8-14-12(11)15-9-4-2/h5-6,8,13H,3-4,7,9-10H2,1-2H3. The molecule has 1 aromatic heterocycles. The fraction of sp³-hybridized carbons (Fsp3) is 0.583. The van der Waals surface area contributed by atoms with Gasteiger partial charge in [-0.05, 0) is 36.8 Å². The minimum absolute atomic E-state index is 0.938. The minimum atomic E-state index is 0.938. The first-order chi connectivity index (χ1) is 7.38. The predicted molar refractivity (Wildman–Crippen MR) is 67.2 cm³/mol. The highest BCUT2D eigenvalue weighted by atomic mass is 32.2. The summed E-state index contributed by atoms with van der Waals surface area (Å²) in [7, 11) is 0. The zero-order valence-electron chi connectivity index (χ0n) is 9.62. The molecule has 84 valence electrons. The highest BCUT2D eigenvalue weighted by molar-refractivity contribution is 7.99. The van der Waals surface area contributed by atoms with Gasteiger partial charge in [0.1, 0.15) is 5.03 Å². The lowest BCUT2D eigenvalue weighted by atomic mass is 10.3. The Morgan fingerprint density at radius 2 is 2.20 bits per heavy atom. The molecule has 1 aromatic rings. The molecule has 0 spiro atoms. The molecule has 0 amide bonds. The molecule has 1 N–H and O–H groups in total. The average molecular weight is 224 g/mol. The van der Waals surface area contributed by atoms with E-state index in [1.54, 1.807) is 0 Å². The minimum Gasteiger partial charge on any atom is -0.313 e. The monoisotopic (exact) mass is 224 g/mol. The zero-order valence-corrected chi connectivity index (χ0v) is 10.4. The third-order valence-electron chi connectivity index (χ3n) is 2.04. The number of hydrogen-bond acceptors (Lipinski definition) is 3. The summed E-state index contributed by atoms with van der Waals surface area (Å²) < 4.78 is 0. The molecular weight excluding hydrogens is 204 g/mol. The third kappa shape index (κ3) is 4.67. The van der Waals surface area contributed by atoms with Gasteiger partial charge >= 0.3 is 0 Å². The van der Waals surface area contributed by atoms with Crippen LogP contribution >= 0.6 is 11.8 Å². The second-order valence-corrected chi connectivity index (χ2v) is 4.58. The Balaban J connectivity index is 2.52. The van der Waals surface area contributed by atoms with Crippen molar-refractivity contribution in [3.05, 3.63) is 23.9 Å². The topological polar surface area (TPSA) is 24.9 Å². The second-order valence-electron chi connectivity index (χ2n) is 3.49. The average Bonchev–Trinajstić information content (AvgIpc) is 2.28. The molecule has 2 nitrogen and oxygen atoms in total. The first kappa shape index (κ1) is 12.5. The van der Waals surface area contributed by atoms with Crippen LogP contribution in [0.15, 0.2) is 23.4 Å². The Hall–Kier alpha value is -0.540. The second kappa shape index (κ2) is 7.71. The highest BCUT2D eigenvalue weighted by Crippen LogP contribution is 2.20. The van der Waals surface area contributed by atoms with Crippen molar-refractivity contribution in [2.45, 2.75) is 38.3 Å². The number of rotatable bonds is 7. The summed E-state index contributed by atoms with van der Waals surface area (Å²) in [6, 6.07) is 4.17. The molecule has 0 saturated heterocycles. The van der Waals surface area contributed by atoms with Gasteiger partial charge in [-0.2, -0.15) is 0 Å². The lowest BCUT2D eigenvalue weighted by Gasteiger charge is -2.08. The van der Waals surface area contributed by atoms with Crippen LogP contribution in [0.3, 0.4) is 0 Å². The van der Waals surface area contributed by atoms with E-state index in [1.165, 1.54) is 23.4 Å². The van der Waals surface area contributed by atoms with Crippen molar-refractivity contribution in [1.82, 2.24) is 10.3 Å². The number of pyridine rings is 1. The van der Waals surface area contributed by atoms with Crippen molar-refractivity contribution in [3.8, 4) is 0 Å². The van der Waals surface area contributed by atoms with Gasteiger partial charge in [-0.1, -0.05) is 19.9 Å². The summed E-state index contributed by atoms with van der Waals surface area (Å²) in [6.45, 7) is 6.40. The van der Waals surface area contributed by atoms with Crippen LogP contribution in [0.4, 0.5) is 0 Å². The molecule has 0 aliphatic rings. The van der Waals surface area contributed by atoms with Crippen molar-refractivity contribution in [3.63, 3.8) is 0 Å². The molecule has 0 saturated carbocycles. The third-order valence-corrected chi connectivity index (χ3v) is 3.29. The molecule has 0 bridgehead atoms. The van der Waals surface area contributed by atoms with E-state index in [2.05, 4.69) is 30.2 Å². The predicted octanol–water partition coefficient (Wildman–Crippen LogP) is 3.08. The van der Waals surface area contributed by atoms with Crippen LogP contribution in [-0.4, -0.2) is 17.3 Å². The van der Waals surface area contributed by atoms with Gasteiger partial charge in [0.2, 0.25) is 0 Å². The van der Waals surface area contributed by atoms with Crippen LogP contribution < -0.4 is 5.32 Å². The maximum Gasteiger partial charge on any atom is 0.100 e. The van der Waals surface area contributed by atoms with Crippen molar-refractivity contribution in [1.29, 1.82) is 0 Å². The molecule has 0 aliphatic carbocycles. The summed E-state index contributed by atoms with van der Waals surface area (Å²) in [5.74, 6) is 1.15. The van der Waals surface area contributed by atoms with Crippen molar-refractivity contribution in [2.75, 3.05) is 12.3 Å². The van der Waals surface area contributed by atoms with E-state index in [9.17, 15) is 0 Å². The van der Waals surface area contributed by atoms with E-state index < -0.39 is 0 Å². The van der Waals surface area contributed by atoms with E-state index in [1.807, 2.05) is 24.0 Å². The first-order valence-electron chi connectivity index (χ1n) is 5.65. The number of aromatic nitrogens is 1. The number of nitrogens with zero attached hydrogens (tertiary/aromatic N) is 1. The largest absolute Gasteiger partial charge is 0.313 e. The van der Waals surface area contributed by atoms with Gasteiger partial charge in [-0.15, -0.1) is 11.8 Å². The van der Waals surface area contributed by atoms with Gasteiger partial charge in [-0.3, -0.25) is 0 Å². The van der Waals surface area contributed by atoms with Gasteiger partial charge in [0.25, 0.3) is 0 Å². The van der Waals surface area contributed by atoms with Crippen LogP contribution in [0.25, 0.3) is 0 Å². The van der Waals surface area contributed by atoms with Crippen LogP contribution in [0.5, 0.6) is 0 Å². The summed E-state index contributed by atoms with van der Waals surface area (Å²) in [4.78, 5) is 4.42. The van der Waals surface area contributed by atoms with E-state index in [0.717, 1.165) is 18.8 Å². The Labute approximate surface area is 96.9 Å². The Morgan fingerprint density at radius 3 is 2.93 bits per heavy atom. The molecule has 3 heteroatoms. The smallest absolute Gasteiger partial charge is 0.100 e. The first-order valence-corrected chi connectivity index (χ1v) is 6.64. The van der Waals surface area contributed by atoms with Crippen LogP contribution in [0, 0.1) is 0 Å². The molecule has 15 heavy (non-hydrogen) atoms. The SMILES string of the molecule is CCCNCc1cccnc1SCCC. The van der Waals surface area contributed by atoms with E-state index in [4.69, 9.17) is 0 Å². The van der Waals surface area contributed by atoms with E-state index >= 15 is 0 Å². The summed E-state index contributed by atoms with van der Waals surface area (Å²) in [5, 5.41) is 4.60. The van der Waals surface area contributed by atoms with Gasteiger partial charge in [0.05, 0.1) is 0 Å². The molecule has 1 heterocycles. The van der Waals surface area contributed by atoms with E-state index in [-0.39, 0.29) is 0 Å². The number of nitrogens with one attached hydrogen (secondary N) is 1. The van der Waals surface area contributed by atoms with Crippen LogP contribution in [-0.2, 0) is 6.54 Å². The van der Waals surface area contributed by atoms with Crippen LogP contribution in [0.2, 0.25) is 0 Å². The Bertz CT molecular complexity index is 276. The fourth-order valence-corrected chi connectivity index (χ4v) is 2.15. The van der Waals surface area contributed by atoms with Gasteiger partial charge in [-0.25, -0.2) is 4.98 Å².